The van der Waals surface area contributed by atoms with E-state index in [0.717, 1.165) is 30.0 Å². The summed E-state index contributed by atoms with van der Waals surface area (Å²) >= 11 is 0. The van der Waals surface area contributed by atoms with Crippen LogP contribution < -0.4 is 10.6 Å². The Kier molecular flexibility index (Phi) is 5.56. The zero-order valence-corrected chi connectivity index (χ0v) is 14.4. The molecule has 1 aliphatic rings. The molecule has 1 saturated heterocycles. The lowest BCUT2D eigenvalue weighted by Gasteiger charge is -2.28. The van der Waals surface area contributed by atoms with Crippen molar-refractivity contribution in [2.45, 2.75) is 19.4 Å². The number of carbonyl (C=O) groups is 1. The first-order chi connectivity index (χ1) is 12.1. The molecule has 0 aromatic heterocycles. The molecule has 0 amide bonds. The second-order valence-corrected chi connectivity index (χ2v) is 6.53. The van der Waals surface area contributed by atoms with E-state index in [4.69, 9.17) is 10.8 Å². The van der Waals surface area contributed by atoms with Gasteiger partial charge in [-0.25, -0.2) is 4.79 Å². The van der Waals surface area contributed by atoms with E-state index in [1.165, 1.54) is 25.9 Å². The lowest BCUT2D eigenvalue weighted by atomic mass is 10.1. The van der Waals surface area contributed by atoms with Crippen molar-refractivity contribution in [3.63, 3.8) is 0 Å². The Morgan fingerprint density at radius 3 is 2.40 bits per heavy atom. The second kappa shape index (κ2) is 8.03. The molecular formula is C20H25N3O2. The highest BCUT2D eigenvalue weighted by Crippen LogP contribution is 2.24. The molecule has 0 aliphatic carbocycles. The van der Waals surface area contributed by atoms with Crippen molar-refractivity contribution in [1.82, 2.24) is 4.90 Å². The highest BCUT2D eigenvalue weighted by Gasteiger charge is 2.15. The maximum absolute atomic E-state index is 11.0. The van der Waals surface area contributed by atoms with Crippen LogP contribution in [-0.4, -0.2) is 42.2 Å². The SMILES string of the molecule is Nc1ccccc1N(CCN1CCCC1)Cc1ccc(C(=O)O)cc1. The topological polar surface area (TPSA) is 69.8 Å². The Labute approximate surface area is 148 Å². The first kappa shape index (κ1) is 17.3. The minimum absolute atomic E-state index is 0.312. The predicted molar refractivity (Wildman–Crippen MR) is 101 cm³/mol. The number of nitrogen functional groups attached to an aromatic ring is 1. The normalized spacial score (nSPS) is 14.6. The molecule has 3 rings (SSSR count). The highest BCUT2D eigenvalue weighted by atomic mass is 16.4. The number of nitrogens with zero attached hydrogens (tertiary/aromatic N) is 2. The fourth-order valence-electron chi connectivity index (χ4n) is 3.30. The van der Waals surface area contributed by atoms with Crippen molar-refractivity contribution in [3.8, 4) is 0 Å². The number of aromatic carboxylic acids is 1. The zero-order valence-electron chi connectivity index (χ0n) is 14.4. The summed E-state index contributed by atoms with van der Waals surface area (Å²) in [5.41, 5.74) is 9.38. The maximum Gasteiger partial charge on any atom is 0.335 e. The molecule has 1 heterocycles. The first-order valence-corrected chi connectivity index (χ1v) is 8.77. The van der Waals surface area contributed by atoms with Crippen molar-refractivity contribution in [3.05, 3.63) is 59.7 Å². The molecular weight excluding hydrogens is 314 g/mol. The molecule has 0 saturated carbocycles. The average molecular weight is 339 g/mol. The largest absolute Gasteiger partial charge is 0.478 e. The molecule has 2 aromatic carbocycles. The quantitative estimate of drug-likeness (QED) is 0.759. The Hall–Kier alpha value is -2.53. The molecule has 3 N–H and O–H groups in total. The summed E-state index contributed by atoms with van der Waals surface area (Å²) in [4.78, 5) is 15.8. The third-order valence-electron chi connectivity index (χ3n) is 4.74. The lowest BCUT2D eigenvalue weighted by molar-refractivity contribution is 0.0697. The van der Waals surface area contributed by atoms with Crippen molar-refractivity contribution in [2.75, 3.05) is 36.8 Å². The van der Waals surface area contributed by atoms with Gasteiger partial charge in [0.05, 0.1) is 16.9 Å². The van der Waals surface area contributed by atoms with Gasteiger partial charge in [-0.05, 0) is 55.8 Å². The fraction of sp³-hybridized carbons (Fsp3) is 0.350. The van der Waals surface area contributed by atoms with E-state index in [9.17, 15) is 4.79 Å². The fourth-order valence-corrected chi connectivity index (χ4v) is 3.30. The summed E-state index contributed by atoms with van der Waals surface area (Å²) < 4.78 is 0. The number of carboxylic acids is 1. The van der Waals surface area contributed by atoms with E-state index in [0.29, 0.717) is 12.1 Å². The Morgan fingerprint density at radius 1 is 1.08 bits per heavy atom. The van der Waals surface area contributed by atoms with Crippen LogP contribution in [0.1, 0.15) is 28.8 Å². The Balaban J connectivity index is 1.75. The zero-order chi connectivity index (χ0) is 17.6. The van der Waals surface area contributed by atoms with Crippen molar-refractivity contribution in [2.24, 2.45) is 0 Å². The molecule has 0 unspecified atom stereocenters. The minimum Gasteiger partial charge on any atom is -0.478 e. The van der Waals surface area contributed by atoms with Gasteiger partial charge in [0.15, 0.2) is 0 Å². The Morgan fingerprint density at radius 2 is 1.76 bits per heavy atom. The van der Waals surface area contributed by atoms with Crippen molar-refractivity contribution < 1.29 is 9.90 Å². The van der Waals surface area contributed by atoms with Crippen LogP contribution in [0.4, 0.5) is 11.4 Å². The van der Waals surface area contributed by atoms with Crippen LogP contribution in [0.5, 0.6) is 0 Å². The summed E-state index contributed by atoms with van der Waals surface area (Å²) in [6.45, 7) is 4.97. The summed E-state index contributed by atoms with van der Waals surface area (Å²) in [5, 5.41) is 9.05. The number of para-hydroxylation sites is 2. The van der Waals surface area contributed by atoms with E-state index in [2.05, 4.69) is 9.80 Å². The summed E-state index contributed by atoms with van der Waals surface area (Å²) in [6.07, 6.45) is 2.56. The molecule has 0 radical (unpaired) electrons. The molecule has 25 heavy (non-hydrogen) atoms. The van der Waals surface area contributed by atoms with E-state index >= 15 is 0 Å². The number of hydrogen-bond donors (Lipinski definition) is 2. The van der Waals surface area contributed by atoms with Gasteiger partial charge in [-0.1, -0.05) is 24.3 Å². The number of nitrogens with two attached hydrogens (primary N) is 1. The van der Waals surface area contributed by atoms with Crippen LogP contribution in [0.15, 0.2) is 48.5 Å². The van der Waals surface area contributed by atoms with Gasteiger partial charge in [0.1, 0.15) is 0 Å². The maximum atomic E-state index is 11.0. The summed E-state index contributed by atoms with van der Waals surface area (Å²) in [7, 11) is 0. The molecule has 5 heteroatoms. The van der Waals surface area contributed by atoms with E-state index < -0.39 is 5.97 Å². The predicted octanol–water partition coefficient (Wildman–Crippen LogP) is 3.07. The van der Waals surface area contributed by atoms with E-state index in [1.807, 2.05) is 36.4 Å². The monoisotopic (exact) mass is 339 g/mol. The van der Waals surface area contributed by atoms with Gasteiger partial charge in [0.25, 0.3) is 0 Å². The van der Waals surface area contributed by atoms with Gasteiger partial charge < -0.3 is 20.6 Å². The second-order valence-electron chi connectivity index (χ2n) is 6.53. The first-order valence-electron chi connectivity index (χ1n) is 8.77. The molecule has 0 atom stereocenters. The smallest absolute Gasteiger partial charge is 0.335 e. The number of anilines is 2. The number of likely N-dealkylation sites (tertiary alicyclic amines) is 1. The van der Waals surface area contributed by atoms with Crippen LogP contribution in [0.3, 0.4) is 0 Å². The van der Waals surface area contributed by atoms with E-state index in [-0.39, 0.29) is 0 Å². The van der Waals surface area contributed by atoms with Gasteiger partial charge in [-0.2, -0.15) is 0 Å². The minimum atomic E-state index is -0.898. The van der Waals surface area contributed by atoms with Crippen LogP contribution in [0.25, 0.3) is 0 Å². The molecule has 1 fully saturated rings. The average Bonchev–Trinajstić information content (AvgIpc) is 3.13. The molecule has 132 valence electrons. The van der Waals surface area contributed by atoms with E-state index in [1.54, 1.807) is 12.1 Å². The van der Waals surface area contributed by atoms with Gasteiger partial charge in [0, 0.05) is 19.6 Å². The van der Waals surface area contributed by atoms with Gasteiger partial charge >= 0.3 is 5.97 Å². The van der Waals surface area contributed by atoms with Crippen molar-refractivity contribution in [1.29, 1.82) is 0 Å². The molecule has 0 bridgehead atoms. The summed E-state index contributed by atoms with van der Waals surface area (Å²) in [6, 6.07) is 15.0. The molecule has 2 aromatic rings. The van der Waals surface area contributed by atoms with Crippen LogP contribution in [0, 0.1) is 0 Å². The highest BCUT2D eigenvalue weighted by molar-refractivity contribution is 5.87. The van der Waals surface area contributed by atoms with Crippen LogP contribution >= 0.6 is 0 Å². The Bertz CT molecular complexity index is 709. The number of carboxylic acid groups (broad SMARTS) is 1. The van der Waals surface area contributed by atoms with Crippen LogP contribution in [0.2, 0.25) is 0 Å². The summed E-state index contributed by atoms with van der Waals surface area (Å²) in [5.74, 6) is -0.898. The molecule has 0 spiro atoms. The number of rotatable bonds is 7. The molecule has 5 nitrogen and oxygen atoms in total. The molecule has 1 aliphatic heterocycles. The lowest BCUT2D eigenvalue weighted by Crippen LogP contribution is -2.34. The van der Waals surface area contributed by atoms with Gasteiger partial charge in [-0.3, -0.25) is 0 Å². The standard InChI is InChI=1S/C20H25N3O2/c21-18-5-1-2-6-19(18)23(14-13-22-11-3-4-12-22)15-16-7-9-17(10-8-16)20(24)25/h1-2,5-10H,3-4,11-15,21H2,(H,24,25). The number of benzene rings is 2. The third-order valence-corrected chi connectivity index (χ3v) is 4.74. The van der Waals surface area contributed by atoms with Crippen LogP contribution in [-0.2, 0) is 6.54 Å². The van der Waals surface area contributed by atoms with Gasteiger partial charge in [-0.15, -0.1) is 0 Å². The van der Waals surface area contributed by atoms with Gasteiger partial charge in [0.2, 0.25) is 0 Å². The van der Waals surface area contributed by atoms with Crippen molar-refractivity contribution >= 4 is 17.3 Å². The number of hydrogen-bond acceptors (Lipinski definition) is 4. The third kappa shape index (κ3) is 4.51.